The van der Waals surface area contributed by atoms with Crippen molar-refractivity contribution in [3.63, 3.8) is 0 Å². The Morgan fingerprint density at radius 3 is 2.95 bits per heavy atom. The molecule has 3 atom stereocenters. The Kier molecular flexibility index (Phi) is 5.38. The van der Waals surface area contributed by atoms with Crippen LogP contribution in [0.4, 0.5) is 0 Å². The molecule has 1 aliphatic carbocycles. The Hall–Kier alpha value is -0.890. The highest BCUT2D eigenvalue weighted by Crippen LogP contribution is 2.37. The Balaban J connectivity index is 2.17. The third kappa shape index (κ3) is 3.79. The average molecular weight is 260 g/mol. The van der Waals surface area contributed by atoms with Crippen molar-refractivity contribution < 1.29 is 0 Å². The van der Waals surface area contributed by atoms with E-state index in [-0.39, 0.29) is 0 Å². The average Bonchev–Trinajstić information content (AvgIpc) is 2.41. The second-order valence-corrected chi connectivity index (χ2v) is 6.20. The largest absolute Gasteiger partial charge is 0.310 e. The first kappa shape index (κ1) is 14.5. The number of nitrogens with zero attached hydrogens (tertiary/aromatic N) is 1. The van der Waals surface area contributed by atoms with Crippen molar-refractivity contribution in [1.82, 2.24) is 10.3 Å². The molecule has 1 aromatic heterocycles. The molecule has 1 fully saturated rings. The van der Waals surface area contributed by atoms with Gasteiger partial charge in [0.05, 0.1) is 0 Å². The van der Waals surface area contributed by atoms with Crippen LogP contribution in [-0.4, -0.2) is 11.5 Å². The highest BCUT2D eigenvalue weighted by atomic mass is 14.9. The number of rotatable bonds is 5. The van der Waals surface area contributed by atoms with Gasteiger partial charge in [0, 0.05) is 18.4 Å². The highest BCUT2D eigenvalue weighted by Gasteiger charge is 2.28. The van der Waals surface area contributed by atoms with Crippen LogP contribution in [0.2, 0.25) is 0 Å². The molecule has 0 aliphatic heterocycles. The van der Waals surface area contributed by atoms with Crippen LogP contribution in [0.3, 0.4) is 0 Å². The van der Waals surface area contributed by atoms with Gasteiger partial charge in [0.15, 0.2) is 0 Å². The molecule has 2 nitrogen and oxygen atoms in total. The van der Waals surface area contributed by atoms with E-state index in [2.05, 4.69) is 37.1 Å². The molecule has 0 amide bonds. The molecule has 1 N–H and O–H groups in total. The molecule has 3 unspecified atom stereocenters. The van der Waals surface area contributed by atoms with E-state index in [4.69, 9.17) is 0 Å². The quantitative estimate of drug-likeness (QED) is 0.855. The fourth-order valence-electron chi connectivity index (χ4n) is 3.45. The molecule has 0 spiro atoms. The number of aryl methyl sites for hydroxylation is 1. The lowest BCUT2D eigenvalue weighted by molar-refractivity contribution is 0.223. The Labute approximate surface area is 118 Å². The fraction of sp³-hybridized carbons (Fsp3) is 0.706. The smallest absolute Gasteiger partial charge is 0.0352 e. The lowest BCUT2D eigenvalue weighted by Crippen LogP contribution is -2.32. The summed E-state index contributed by atoms with van der Waals surface area (Å²) < 4.78 is 0. The maximum Gasteiger partial charge on any atom is 0.0352 e. The van der Waals surface area contributed by atoms with E-state index in [0.29, 0.717) is 6.04 Å². The molecule has 106 valence electrons. The van der Waals surface area contributed by atoms with Crippen LogP contribution < -0.4 is 5.32 Å². The molecule has 1 saturated carbocycles. The molecule has 0 bridgehead atoms. The van der Waals surface area contributed by atoms with E-state index < -0.39 is 0 Å². The van der Waals surface area contributed by atoms with Crippen molar-refractivity contribution in [1.29, 1.82) is 0 Å². The minimum atomic E-state index is 0.519. The molecule has 2 heteroatoms. The fourth-order valence-corrected chi connectivity index (χ4v) is 3.45. The predicted molar refractivity (Wildman–Crippen MR) is 81.1 cm³/mol. The van der Waals surface area contributed by atoms with E-state index >= 15 is 0 Å². The normalized spacial score (nSPS) is 25.2. The number of hydrogen-bond acceptors (Lipinski definition) is 2. The van der Waals surface area contributed by atoms with Gasteiger partial charge in [-0.15, -0.1) is 0 Å². The molecule has 0 aromatic carbocycles. The summed E-state index contributed by atoms with van der Waals surface area (Å²) in [6.45, 7) is 7.95. The summed E-state index contributed by atoms with van der Waals surface area (Å²) in [4.78, 5) is 4.24. The minimum Gasteiger partial charge on any atom is -0.310 e. The Bertz CT molecular complexity index is 389. The zero-order valence-corrected chi connectivity index (χ0v) is 12.7. The lowest BCUT2D eigenvalue weighted by Gasteiger charge is -2.35. The molecular weight excluding hydrogens is 232 g/mol. The van der Waals surface area contributed by atoms with E-state index in [1.165, 1.54) is 43.2 Å². The molecule has 0 radical (unpaired) electrons. The first-order chi connectivity index (χ1) is 9.22. The first-order valence-corrected chi connectivity index (χ1v) is 7.86. The summed E-state index contributed by atoms with van der Waals surface area (Å²) in [6, 6.07) is 2.73. The van der Waals surface area contributed by atoms with E-state index in [9.17, 15) is 0 Å². The van der Waals surface area contributed by atoms with Gasteiger partial charge in [0.2, 0.25) is 0 Å². The summed E-state index contributed by atoms with van der Waals surface area (Å²) in [7, 11) is 0. The zero-order valence-electron chi connectivity index (χ0n) is 12.7. The van der Waals surface area contributed by atoms with Crippen molar-refractivity contribution in [3.05, 3.63) is 29.6 Å². The molecule has 1 aromatic rings. The van der Waals surface area contributed by atoms with Crippen LogP contribution in [0.5, 0.6) is 0 Å². The van der Waals surface area contributed by atoms with Gasteiger partial charge in [-0.2, -0.15) is 0 Å². The van der Waals surface area contributed by atoms with Crippen molar-refractivity contribution in [3.8, 4) is 0 Å². The van der Waals surface area contributed by atoms with Crippen molar-refractivity contribution in [2.24, 2.45) is 11.8 Å². The molecule has 19 heavy (non-hydrogen) atoms. The van der Waals surface area contributed by atoms with E-state index in [0.717, 1.165) is 18.4 Å². The zero-order chi connectivity index (χ0) is 13.7. The van der Waals surface area contributed by atoms with Crippen LogP contribution in [0.15, 0.2) is 18.5 Å². The summed E-state index contributed by atoms with van der Waals surface area (Å²) in [5.74, 6) is 1.67. The Morgan fingerprint density at radius 2 is 2.26 bits per heavy atom. The maximum absolute atomic E-state index is 4.24. The van der Waals surface area contributed by atoms with E-state index in [1.54, 1.807) is 0 Å². The van der Waals surface area contributed by atoms with Crippen LogP contribution in [0.1, 0.15) is 63.1 Å². The van der Waals surface area contributed by atoms with Crippen molar-refractivity contribution in [2.45, 2.75) is 58.9 Å². The van der Waals surface area contributed by atoms with Gasteiger partial charge < -0.3 is 5.32 Å². The van der Waals surface area contributed by atoms with Crippen LogP contribution >= 0.6 is 0 Å². The van der Waals surface area contributed by atoms with Crippen LogP contribution in [0.25, 0.3) is 0 Å². The van der Waals surface area contributed by atoms with Gasteiger partial charge >= 0.3 is 0 Å². The minimum absolute atomic E-state index is 0.519. The summed E-state index contributed by atoms with van der Waals surface area (Å²) >= 11 is 0. The van der Waals surface area contributed by atoms with Gasteiger partial charge in [0.1, 0.15) is 0 Å². The SMILES string of the molecule is CCCNC(c1ccncc1C)C1CCCC(C)C1. The molecule has 2 rings (SSSR count). The monoisotopic (exact) mass is 260 g/mol. The molecule has 0 saturated heterocycles. The third-order valence-electron chi connectivity index (χ3n) is 4.46. The number of nitrogens with one attached hydrogen (secondary N) is 1. The number of hydrogen-bond donors (Lipinski definition) is 1. The number of pyridine rings is 1. The molecule has 1 aliphatic rings. The summed E-state index contributed by atoms with van der Waals surface area (Å²) in [5, 5.41) is 3.79. The topological polar surface area (TPSA) is 24.9 Å². The summed E-state index contributed by atoms with van der Waals surface area (Å²) in [5.41, 5.74) is 2.79. The van der Waals surface area contributed by atoms with Gasteiger partial charge in [-0.25, -0.2) is 0 Å². The van der Waals surface area contributed by atoms with Crippen LogP contribution in [0, 0.1) is 18.8 Å². The number of aromatic nitrogens is 1. The molecular formula is C17H28N2. The van der Waals surface area contributed by atoms with Gasteiger partial charge in [-0.05, 0) is 61.8 Å². The predicted octanol–water partition coefficient (Wildman–Crippen LogP) is 4.26. The van der Waals surface area contributed by atoms with Crippen LogP contribution in [-0.2, 0) is 0 Å². The third-order valence-corrected chi connectivity index (χ3v) is 4.46. The highest BCUT2D eigenvalue weighted by molar-refractivity contribution is 5.26. The second-order valence-electron chi connectivity index (χ2n) is 6.20. The summed E-state index contributed by atoms with van der Waals surface area (Å²) in [6.07, 6.45) is 10.7. The first-order valence-electron chi connectivity index (χ1n) is 7.86. The maximum atomic E-state index is 4.24. The van der Waals surface area contributed by atoms with Crippen molar-refractivity contribution in [2.75, 3.05) is 6.54 Å². The Morgan fingerprint density at radius 1 is 1.42 bits per heavy atom. The van der Waals surface area contributed by atoms with Gasteiger partial charge in [0.25, 0.3) is 0 Å². The lowest BCUT2D eigenvalue weighted by atomic mass is 9.76. The second kappa shape index (κ2) is 7.04. The van der Waals surface area contributed by atoms with Gasteiger partial charge in [-0.1, -0.05) is 26.7 Å². The van der Waals surface area contributed by atoms with Gasteiger partial charge in [-0.3, -0.25) is 4.98 Å². The standard InChI is InChI=1S/C17H28N2/c1-4-9-19-17(15-7-5-6-13(2)11-15)16-8-10-18-12-14(16)3/h8,10,12-13,15,17,19H,4-7,9,11H2,1-3H3. The van der Waals surface area contributed by atoms with E-state index in [1.807, 2.05) is 12.4 Å². The molecule has 1 heterocycles. The van der Waals surface area contributed by atoms with Crippen molar-refractivity contribution >= 4 is 0 Å².